The van der Waals surface area contributed by atoms with Gasteiger partial charge in [-0.1, -0.05) is 42.8 Å². The Labute approximate surface area is 148 Å². The molecule has 0 heterocycles. The van der Waals surface area contributed by atoms with Gasteiger partial charge in [0.15, 0.2) is 0 Å². The summed E-state index contributed by atoms with van der Waals surface area (Å²) in [5, 5.41) is 3.60. The predicted octanol–water partition coefficient (Wildman–Crippen LogP) is 3.17. The normalized spacial score (nSPS) is 11.8. The van der Waals surface area contributed by atoms with Crippen molar-refractivity contribution in [1.29, 1.82) is 0 Å². The summed E-state index contributed by atoms with van der Waals surface area (Å²) < 4.78 is 5.78. The summed E-state index contributed by atoms with van der Waals surface area (Å²) in [6, 6.07) is 15.1. The Kier molecular flexibility index (Phi) is 7.09. The van der Waals surface area contributed by atoms with E-state index >= 15 is 0 Å². The molecule has 2 aromatic carbocycles. The number of carbonyl (C=O) groups is 1. The van der Waals surface area contributed by atoms with Gasteiger partial charge in [0.25, 0.3) is 0 Å². The molecule has 0 aromatic heterocycles. The molecule has 0 radical (unpaired) electrons. The van der Waals surface area contributed by atoms with E-state index in [0.717, 1.165) is 16.9 Å². The molecule has 1 amide bonds. The summed E-state index contributed by atoms with van der Waals surface area (Å²) >= 11 is 5.87. The predicted molar refractivity (Wildman–Crippen MR) is 97.2 cm³/mol. The summed E-state index contributed by atoms with van der Waals surface area (Å²) in [5.41, 5.74) is 7.50. The van der Waals surface area contributed by atoms with E-state index in [4.69, 9.17) is 22.1 Å². The van der Waals surface area contributed by atoms with Gasteiger partial charge in [0.2, 0.25) is 5.91 Å². The Bertz CT molecular complexity index is 659. The molecule has 1 unspecified atom stereocenters. The molecule has 5 heteroatoms. The number of amides is 1. The summed E-state index contributed by atoms with van der Waals surface area (Å²) in [5.74, 6) is 1.01. The van der Waals surface area contributed by atoms with Crippen molar-refractivity contribution in [3.8, 4) is 5.75 Å². The van der Waals surface area contributed by atoms with Gasteiger partial charge in [0.1, 0.15) is 12.4 Å². The first-order chi connectivity index (χ1) is 11.6. The van der Waals surface area contributed by atoms with Gasteiger partial charge in [-0.15, -0.1) is 0 Å². The first-order valence-corrected chi connectivity index (χ1v) is 8.37. The third kappa shape index (κ3) is 6.22. The number of nitrogens with two attached hydrogens (primary N) is 1. The molecule has 0 aliphatic rings. The Morgan fingerprint density at radius 2 is 1.96 bits per heavy atom. The van der Waals surface area contributed by atoms with Crippen LogP contribution in [0, 0.1) is 5.92 Å². The molecule has 3 N–H and O–H groups in total. The number of nitrogens with one attached hydrogen (secondary N) is 1. The van der Waals surface area contributed by atoms with Crippen LogP contribution in [-0.4, -0.2) is 19.0 Å². The van der Waals surface area contributed by atoms with Crippen LogP contribution in [0.2, 0.25) is 5.02 Å². The minimum Gasteiger partial charge on any atom is -0.489 e. The minimum atomic E-state index is -0.00912. The van der Waals surface area contributed by atoms with Crippen molar-refractivity contribution in [1.82, 2.24) is 5.32 Å². The average molecular weight is 347 g/mol. The SMILES string of the molecule is CC(CN)CNC(=O)Cc1cccc(OCc2ccc(Cl)cc2)c1. The molecule has 2 aromatic rings. The van der Waals surface area contributed by atoms with Gasteiger partial charge in [-0.25, -0.2) is 0 Å². The van der Waals surface area contributed by atoms with Crippen molar-refractivity contribution in [2.45, 2.75) is 20.0 Å². The van der Waals surface area contributed by atoms with E-state index < -0.39 is 0 Å². The standard InChI is InChI=1S/C19H23ClN2O2/c1-14(11-21)12-22-19(23)10-16-3-2-4-18(9-16)24-13-15-5-7-17(20)8-6-15/h2-9,14H,10-13,21H2,1H3,(H,22,23). The van der Waals surface area contributed by atoms with Crippen molar-refractivity contribution in [2.75, 3.05) is 13.1 Å². The maximum atomic E-state index is 12.0. The van der Waals surface area contributed by atoms with Crippen LogP contribution in [0.25, 0.3) is 0 Å². The molecule has 0 bridgehead atoms. The fourth-order valence-corrected chi connectivity index (χ4v) is 2.24. The molecule has 24 heavy (non-hydrogen) atoms. The van der Waals surface area contributed by atoms with E-state index in [2.05, 4.69) is 5.32 Å². The minimum absolute atomic E-state index is 0.00912. The molecular formula is C19H23ClN2O2. The summed E-state index contributed by atoms with van der Waals surface area (Å²) in [6.07, 6.45) is 0.329. The van der Waals surface area contributed by atoms with Crippen molar-refractivity contribution in [2.24, 2.45) is 11.7 Å². The monoisotopic (exact) mass is 346 g/mol. The Morgan fingerprint density at radius 1 is 1.21 bits per heavy atom. The van der Waals surface area contributed by atoms with Gasteiger partial charge < -0.3 is 15.8 Å². The van der Waals surface area contributed by atoms with Crippen molar-refractivity contribution < 1.29 is 9.53 Å². The molecule has 1 atom stereocenters. The molecule has 0 spiro atoms. The highest BCUT2D eigenvalue weighted by molar-refractivity contribution is 6.30. The van der Waals surface area contributed by atoms with Gasteiger partial charge in [0.05, 0.1) is 6.42 Å². The zero-order chi connectivity index (χ0) is 17.4. The molecule has 0 aliphatic carbocycles. The topological polar surface area (TPSA) is 64.3 Å². The zero-order valence-corrected chi connectivity index (χ0v) is 14.6. The second-order valence-corrected chi connectivity index (χ2v) is 6.32. The largest absolute Gasteiger partial charge is 0.489 e. The lowest BCUT2D eigenvalue weighted by molar-refractivity contribution is -0.120. The molecule has 0 saturated heterocycles. The van der Waals surface area contributed by atoms with Gasteiger partial charge in [-0.3, -0.25) is 4.79 Å². The van der Waals surface area contributed by atoms with Crippen LogP contribution in [0.15, 0.2) is 48.5 Å². The van der Waals surface area contributed by atoms with E-state index in [9.17, 15) is 4.79 Å². The fraction of sp³-hybridized carbons (Fsp3) is 0.316. The molecule has 0 fully saturated rings. The third-order valence-corrected chi connectivity index (χ3v) is 3.88. The second-order valence-electron chi connectivity index (χ2n) is 5.88. The van der Waals surface area contributed by atoms with E-state index in [-0.39, 0.29) is 11.8 Å². The first kappa shape index (κ1) is 18.3. The van der Waals surface area contributed by atoms with Crippen LogP contribution in [-0.2, 0) is 17.8 Å². The smallest absolute Gasteiger partial charge is 0.224 e. The Hall–Kier alpha value is -2.04. The summed E-state index contributed by atoms with van der Waals surface area (Å²) in [6.45, 7) is 3.63. The lowest BCUT2D eigenvalue weighted by Crippen LogP contribution is -2.32. The molecule has 4 nitrogen and oxygen atoms in total. The van der Waals surface area contributed by atoms with Crippen molar-refractivity contribution >= 4 is 17.5 Å². The fourth-order valence-electron chi connectivity index (χ4n) is 2.11. The molecule has 0 aliphatic heterocycles. The van der Waals surface area contributed by atoms with Crippen molar-refractivity contribution in [3.63, 3.8) is 0 Å². The highest BCUT2D eigenvalue weighted by atomic mass is 35.5. The van der Waals surface area contributed by atoms with Crippen molar-refractivity contribution in [3.05, 3.63) is 64.7 Å². The summed E-state index contributed by atoms with van der Waals surface area (Å²) in [7, 11) is 0. The number of ether oxygens (including phenoxy) is 1. The quantitative estimate of drug-likeness (QED) is 0.771. The van der Waals surface area contributed by atoms with Gasteiger partial charge in [-0.2, -0.15) is 0 Å². The highest BCUT2D eigenvalue weighted by Gasteiger charge is 2.06. The van der Waals surface area contributed by atoms with E-state index in [1.807, 2.05) is 55.5 Å². The zero-order valence-electron chi connectivity index (χ0n) is 13.8. The van der Waals surface area contributed by atoms with Crippen LogP contribution in [0.4, 0.5) is 0 Å². The number of benzene rings is 2. The van der Waals surface area contributed by atoms with E-state index in [1.54, 1.807) is 0 Å². The van der Waals surface area contributed by atoms with E-state index in [0.29, 0.717) is 31.1 Å². The molecule has 0 saturated carbocycles. The molecular weight excluding hydrogens is 324 g/mol. The molecule has 2 rings (SSSR count). The van der Waals surface area contributed by atoms with Crippen LogP contribution in [0.3, 0.4) is 0 Å². The number of halogens is 1. The Balaban J connectivity index is 1.86. The maximum Gasteiger partial charge on any atom is 0.224 e. The maximum absolute atomic E-state index is 12.0. The Morgan fingerprint density at radius 3 is 2.67 bits per heavy atom. The number of carbonyl (C=O) groups excluding carboxylic acids is 1. The third-order valence-electron chi connectivity index (χ3n) is 3.63. The van der Waals surface area contributed by atoms with Gasteiger partial charge in [0, 0.05) is 11.6 Å². The average Bonchev–Trinajstić information content (AvgIpc) is 2.59. The second kappa shape index (κ2) is 9.30. The number of hydrogen-bond donors (Lipinski definition) is 2. The van der Waals surface area contributed by atoms with Crippen LogP contribution < -0.4 is 15.8 Å². The lowest BCUT2D eigenvalue weighted by Gasteiger charge is -2.11. The first-order valence-electron chi connectivity index (χ1n) is 7.99. The number of rotatable bonds is 8. The van der Waals surface area contributed by atoms with Gasteiger partial charge >= 0.3 is 0 Å². The summed E-state index contributed by atoms with van der Waals surface area (Å²) in [4.78, 5) is 12.0. The van der Waals surface area contributed by atoms with Crippen LogP contribution in [0.5, 0.6) is 5.75 Å². The molecule has 128 valence electrons. The van der Waals surface area contributed by atoms with Crippen LogP contribution >= 0.6 is 11.6 Å². The van der Waals surface area contributed by atoms with Gasteiger partial charge in [-0.05, 0) is 47.9 Å². The highest BCUT2D eigenvalue weighted by Crippen LogP contribution is 2.17. The van der Waals surface area contributed by atoms with E-state index in [1.165, 1.54) is 0 Å². The lowest BCUT2D eigenvalue weighted by atomic mass is 10.1. The van der Waals surface area contributed by atoms with Crippen LogP contribution in [0.1, 0.15) is 18.1 Å². The number of hydrogen-bond acceptors (Lipinski definition) is 3.